The molecule has 0 saturated heterocycles. The lowest BCUT2D eigenvalue weighted by atomic mass is 10.2. The number of rotatable bonds is 1. The number of alkyl halides is 1. The van der Waals surface area contributed by atoms with Crippen LogP contribution < -0.4 is 0 Å². The van der Waals surface area contributed by atoms with Crippen LogP contribution in [0.3, 0.4) is 0 Å². The van der Waals surface area contributed by atoms with Crippen LogP contribution in [0.1, 0.15) is 6.42 Å². The second-order valence-electron chi connectivity index (χ2n) is 2.35. The summed E-state index contributed by atoms with van der Waals surface area (Å²) in [6.07, 6.45) is 4.29. The molecule has 0 aromatic rings. The first-order chi connectivity index (χ1) is 5.35. The lowest BCUT2D eigenvalue weighted by molar-refractivity contribution is 0.596. The van der Waals surface area contributed by atoms with Gasteiger partial charge in [-0.05, 0) is 12.2 Å². The van der Waals surface area contributed by atoms with Crippen LogP contribution in [0.15, 0.2) is 23.3 Å². The van der Waals surface area contributed by atoms with Gasteiger partial charge in [0.15, 0.2) is 4.21 Å². The molecular weight excluding hydrogens is 242 g/mol. The minimum Gasteiger partial charge on any atom is -0.210 e. The third-order valence-electron chi connectivity index (χ3n) is 1.47. The first-order valence-corrected chi connectivity index (χ1v) is 6.10. The topological polar surface area (TPSA) is 34.1 Å². The lowest BCUT2D eigenvalue weighted by Crippen LogP contribution is -2.26. The van der Waals surface area contributed by atoms with Crippen LogP contribution >= 0.6 is 33.9 Å². The van der Waals surface area contributed by atoms with Crippen molar-refractivity contribution in [2.45, 2.75) is 10.6 Å². The molecule has 1 aliphatic rings. The highest BCUT2D eigenvalue weighted by molar-refractivity contribution is 8.15. The quantitative estimate of drug-likeness (QED) is 0.527. The highest BCUT2D eigenvalue weighted by atomic mass is 35.7. The van der Waals surface area contributed by atoms with Crippen LogP contribution in [0.2, 0.25) is 0 Å². The summed E-state index contributed by atoms with van der Waals surface area (Å²) in [7, 11) is 1.32. The molecule has 1 atom stereocenters. The summed E-state index contributed by atoms with van der Waals surface area (Å²) < 4.78 is 20.3. The van der Waals surface area contributed by atoms with Crippen LogP contribution in [0.25, 0.3) is 0 Å². The Balaban J connectivity index is 3.02. The van der Waals surface area contributed by atoms with E-state index in [9.17, 15) is 8.42 Å². The third kappa shape index (κ3) is 1.96. The van der Waals surface area contributed by atoms with Gasteiger partial charge in [0.05, 0.1) is 0 Å². The van der Waals surface area contributed by atoms with E-state index in [1.807, 2.05) is 0 Å². The molecule has 0 heterocycles. The van der Waals surface area contributed by atoms with Crippen molar-refractivity contribution in [3.63, 3.8) is 0 Å². The Morgan fingerprint density at radius 1 is 1.50 bits per heavy atom. The molecule has 0 radical (unpaired) electrons. The van der Waals surface area contributed by atoms with E-state index in [0.717, 1.165) is 0 Å². The number of hydrogen-bond donors (Lipinski definition) is 0. The van der Waals surface area contributed by atoms with E-state index in [1.165, 1.54) is 18.2 Å². The summed E-state index contributed by atoms with van der Waals surface area (Å²) in [5.41, 5.74) is 0. The molecule has 0 saturated carbocycles. The zero-order valence-corrected chi connectivity index (χ0v) is 8.88. The van der Waals surface area contributed by atoms with E-state index in [-0.39, 0.29) is 6.42 Å². The molecule has 0 spiro atoms. The molecule has 0 N–H and O–H groups in total. The van der Waals surface area contributed by atoms with Crippen LogP contribution in [-0.2, 0) is 9.05 Å². The van der Waals surface area contributed by atoms with Crippen molar-refractivity contribution in [2.75, 3.05) is 0 Å². The average Bonchev–Trinajstić information content (AvgIpc) is 1.93. The van der Waals surface area contributed by atoms with Crippen molar-refractivity contribution >= 4 is 42.9 Å². The van der Waals surface area contributed by atoms with Crippen LogP contribution in [0.4, 0.5) is 0 Å². The van der Waals surface area contributed by atoms with Crippen molar-refractivity contribution in [2.24, 2.45) is 0 Å². The summed E-state index contributed by atoms with van der Waals surface area (Å²) >= 11 is 11.3. The van der Waals surface area contributed by atoms with Crippen LogP contribution in [0, 0.1) is 0 Å². The summed E-state index contributed by atoms with van der Waals surface area (Å²) in [6.45, 7) is 0. The van der Waals surface area contributed by atoms with Crippen LogP contribution in [-0.4, -0.2) is 12.6 Å². The Morgan fingerprint density at radius 3 is 2.42 bits per heavy atom. The van der Waals surface area contributed by atoms with Crippen molar-refractivity contribution in [3.8, 4) is 0 Å². The first-order valence-electron chi connectivity index (χ1n) is 3.03. The average molecular weight is 248 g/mol. The van der Waals surface area contributed by atoms with Gasteiger partial charge in [0.25, 0.3) is 9.05 Å². The monoisotopic (exact) mass is 246 g/mol. The number of halogens is 3. The highest BCUT2D eigenvalue weighted by Gasteiger charge is 2.38. The fourth-order valence-corrected chi connectivity index (χ4v) is 1.89. The normalized spacial score (nSPS) is 30.1. The molecule has 1 rings (SSSR count). The van der Waals surface area contributed by atoms with Gasteiger partial charge in [-0.2, -0.15) is 0 Å². The minimum atomic E-state index is -3.80. The Bertz CT molecular complexity index is 344. The fraction of sp³-hybridized carbons (Fsp3) is 0.333. The Labute approximate surface area is 85.2 Å². The maximum absolute atomic E-state index is 10.9. The molecule has 68 valence electrons. The second kappa shape index (κ2) is 3.22. The van der Waals surface area contributed by atoms with E-state index >= 15 is 0 Å². The van der Waals surface area contributed by atoms with E-state index in [4.69, 9.17) is 33.9 Å². The maximum atomic E-state index is 10.9. The van der Waals surface area contributed by atoms with Gasteiger partial charge in [0.2, 0.25) is 0 Å². The van der Waals surface area contributed by atoms with E-state index < -0.39 is 13.3 Å². The van der Waals surface area contributed by atoms with E-state index in [0.29, 0.717) is 5.03 Å². The molecule has 1 unspecified atom stereocenters. The maximum Gasteiger partial charge on any atom is 0.256 e. The molecule has 12 heavy (non-hydrogen) atoms. The minimum absolute atomic E-state index is 0.0930. The molecule has 1 aliphatic carbocycles. The molecule has 0 aromatic heterocycles. The zero-order chi connectivity index (χ0) is 9.41. The van der Waals surface area contributed by atoms with Gasteiger partial charge in [-0.1, -0.05) is 29.3 Å². The van der Waals surface area contributed by atoms with Gasteiger partial charge in [-0.25, -0.2) is 8.42 Å². The zero-order valence-electron chi connectivity index (χ0n) is 5.80. The molecule has 0 aromatic carbocycles. The molecule has 6 heteroatoms. The summed E-state index contributed by atoms with van der Waals surface area (Å²) in [6, 6.07) is 0. The molecule has 0 aliphatic heterocycles. The smallest absolute Gasteiger partial charge is 0.210 e. The van der Waals surface area contributed by atoms with Gasteiger partial charge < -0.3 is 0 Å². The summed E-state index contributed by atoms with van der Waals surface area (Å²) in [5.74, 6) is 0. The molecule has 0 fully saturated rings. The summed E-state index contributed by atoms with van der Waals surface area (Å²) in [5, 5.41) is 0.464. The molecule has 0 amide bonds. The Kier molecular flexibility index (Phi) is 2.78. The predicted molar refractivity (Wildman–Crippen MR) is 51.0 cm³/mol. The predicted octanol–water partition coefficient (Wildman–Crippen LogP) is 2.57. The fourth-order valence-electron chi connectivity index (χ4n) is 0.758. The Hall–Kier alpha value is 0.300. The van der Waals surface area contributed by atoms with Gasteiger partial charge in [-0.15, -0.1) is 0 Å². The molecular formula is C6H5Cl3O2S. The molecule has 2 nitrogen and oxygen atoms in total. The largest absolute Gasteiger partial charge is 0.256 e. The first kappa shape index (κ1) is 10.4. The van der Waals surface area contributed by atoms with E-state index in [1.54, 1.807) is 0 Å². The van der Waals surface area contributed by atoms with Gasteiger partial charge in [0.1, 0.15) is 0 Å². The van der Waals surface area contributed by atoms with Crippen LogP contribution in [0.5, 0.6) is 0 Å². The summed E-state index contributed by atoms with van der Waals surface area (Å²) in [4.78, 5) is 0. The van der Waals surface area contributed by atoms with Gasteiger partial charge in [0, 0.05) is 22.1 Å². The Morgan fingerprint density at radius 2 is 2.08 bits per heavy atom. The number of hydrogen-bond acceptors (Lipinski definition) is 2. The van der Waals surface area contributed by atoms with Gasteiger partial charge >= 0.3 is 0 Å². The van der Waals surface area contributed by atoms with Crippen molar-refractivity contribution in [1.82, 2.24) is 0 Å². The standard InChI is InChI=1S/C6H5Cl3O2S/c7-5-1-3-6(8,4-2-5)12(9,10)11/h1-3H,4H2. The third-order valence-corrected chi connectivity index (χ3v) is 4.82. The van der Waals surface area contributed by atoms with Gasteiger partial charge in [-0.3, -0.25) is 0 Å². The van der Waals surface area contributed by atoms with Crippen molar-refractivity contribution in [3.05, 3.63) is 23.3 Å². The highest BCUT2D eigenvalue weighted by Crippen LogP contribution is 2.36. The second-order valence-corrected chi connectivity index (χ2v) is 6.51. The number of allylic oxidation sites excluding steroid dienone is 3. The van der Waals surface area contributed by atoms with Crippen molar-refractivity contribution < 1.29 is 8.42 Å². The molecule has 0 bridgehead atoms. The van der Waals surface area contributed by atoms with E-state index in [2.05, 4.69) is 0 Å². The SMILES string of the molecule is O=S(=O)(Cl)C1(Cl)C=CC(Cl)=CC1. The lowest BCUT2D eigenvalue weighted by Gasteiger charge is -2.20. The van der Waals surface area contributed by atoms with Crippen molar-refractivity contribution in [1.29, 1.82) is 0 Å².